The molecule has 0 heterocycles. The first-order chi connectivity index (χ1) is 7.63. The average Bonchev–Trinajstić information content (AvgIpc) is 2.28. The largest absolute Gasteiger partial charge is 0.495 e. The van der Waals surface area contributed by atoms with Crippen molar-refractivity contribution in [3.05, 3.63) is 27.7 Å². The SMILES string of the molecule is CCc1cc(Br)c(OC)c(C(O)CNC)c1. The summed E-state index contributed by atoms with van der Waals surface area (Å²) in [6.45, 7) is 2.60. The lowest BCUT2D eigenvalue weighted by Gasteiger charge is -2.17. The van der Waals surface area contributed by atoms with Gasteiger partial charge in [-0.1, -0.05) is 6.92 Å². The summed E-state index contributed by atoms with van der Waals surface area (Å²) in [7, 11) is 3.43. The molecule has 0 spiro atoms. The summed E-state index contributed by atoms with van der Waals surface area (Å²) >= 11 is 3.46. The quantitative estimate of drug-likeness (QED) is 0.873. The minimum absolute atomic E-state index is 0.510. The second kappa shape index (κ2) is 6.23. The number of aryl methyl sites for hydroxylation is 1. The Bertz CT molecular complexity index is 355. The maximum absolute atomic E-state index is 10.0. The van der Waals surface area contributed by atoms with Crippen molar-refractivity contribution in [2.24, 2.45) is 0 Å². The number of aliphatic hydroxyl groups excluding tert-OH is 1. The Labute approximate surface area is 105 Å². The van der Waals surface area contributed by atoms with E-state index in [4.69, 9.17) is 4.74 Å². The van der Waals surface area contributed by atoms with Gasteiger partial charge in [-0.2, -0.15) is 0 Å². The van der Waals surface area contributed by atoms with E-state index in [2.05, 4.69) is 28.2 Å². The molecule has 0 aliphatic carbocycles. The van der Waals surface area contributed by atoms with Gasteiger partial charge in [-0.05, 0) is 47.1 Å². The van der Waals surface area contributed by atoms with E-state index in [0.29, 0.717) is 12.3 Å². The van der Waals surface area contributed by atoms with Gasteiger partial charge in [-0.25, -0.2) is 0 Å². The van der Waals surface area contributed by atoms with Crippen LogP contribution in [0, 0.1) is 0 Å². The summed E-state index contributed by atoms with van der Waals surface area (Å²) in [6, 6.07) is 4.01. The molecule has 1 rings (SSSR count). The third kappa shape index (κ3) is 2.97. The van der Waals surface area contributed by atoms with Crippen LogP contribution < -0.4 is 10.1 Å². The van der Waals surface area contributed by atoms with Crippen molar-refractivity contribution in [3.63, 3.8) is 0 Å². The van der Waals surface area contributed by atoms with Crippen LogP contribution in [0.4, 0.5) is 0 Å². The Kier molecular flexibility index (Phi) is 5.25. The number of ether oxygens (including phenoxy) is 1. The zero-order valence-corrected chi connectivity index (χ0v) is 11.5. The summed E-state index contributed by atoms with van der Waals surface area (Å²) in [5.41, 5.74) is 2.00. The van der Waals surface area contributed by atoms with Crippen molar-refractivity contribution in [2.45, 2.75) is 19.4 Å². The lowest BCUT2D eigenvalue weighted by atomic mass is 10.0. The van der Waals surface area contributed by atoms with Crippen LogP contribution >= 0.6 is 15.9 Å². The first kappa shape index (κ1) is 13.5. The molecular weight excluding hydrogens is 270 g/mol. The number of hydrogen-bond acceptors (Lipinski definition) is 3. The molecule has 0 amide bonds. The van der Waals surface area contributed by atoms with E-state index in [0.717, 1.165) is 16.5 Å². The molecule has 0 saturated carbocycles. The topological polar surface area (TPSA) is 41.5 Å². The Hall–Kier alpha value is -0.580. The third-order valence-electron chi connectivity index (χ3n) is 2.50. The minimum atomic E-state index is -0.553. The maximum atomic E-state index is 10.0. The summed E-state index contributed by atoms with van der Waals surface area (Å²) < 4.78 is 6.20. The van der Waals surface area contributed by atoms with Gasteiger partial charge in [0.2, 0.25) is 0 Å². The van der Waals surface area contributed by atoms with Crippen LogP contribution in [0.2, 0.25) is 0 Å². The Morgan fingerprint density at radius 3 is 2.69 bits per heavy atom. The van der Waals surface area contributed by atoms with E-state index < -0.39 is 6.10 Å². The predicted molar refractivity (Wildman–Crippen MR) is 69.0 cm³/mol. The fraction of sp³-hybridized carbons (Fsp3) is 0.500. The molecule has 16 heavy (non-hydrogen) atoms. The molecule has 0 saturated heterocycles. The number of methoxy groups -OCH3 is 1. The Morgan fingerprint density at radius 1 is 1.50 bits per heavy atom. The second-order valence-corrected chi connectivity index (χ2v) is 4.48. The number of halogens is 1. The van der Waals surface area contributed by atoms with Gasteiger partial charge < -0.3 is 15.2 Å². The summed E-state index contributed by atoms with van der Waals surface area (Å²) in [5, 5.41) is 13.0. The van der Waals surface area contributed by atoms with Crippen molar-refractivity contribution < 1.29 is 9.84 Å². The van der Waals surface area contributed by atoms with Gasteiger partial charge in [-0.15, -0.1) is 0 Å². The summed E-state index contributed by atoms with van der Waals surface area (Å²) in [4.78, 5) is 0. The molecule has 2 N–H and O–H groups in total. The fourth-order valence-electron chi connectivity index (χ4n) is 1.64. The highest BCUT2D eigenvalue weighted by Gasteiger charge is 2.16. The predicted octanol–water partition coefficient (Wildman–Crippen LogP) is 2.27. The molecule has 0 fully saturated rings. The van der Waals surface area contributed by atoms with Crippen molar-refractivity contribution in [1.82, 2.24) is 5.32 Å². The van der Waals surface area contributed by atoms with E-state index >= 15 is 0 Å². The van der Waals surface area contributed by atoms with Crippen LogP contribution in [0.5, 0.6) is 5.75 Å². The van der Waals surface area contributed by atoms with Gasteiger partial charge in [0, 0.05) is 12.1 Å². The Balaban J connectivity index is 3.16. The molecular formula is C12H18BrNO2. The summed E-state index contributed by atoms with van der Waals surface area (Å²) in [5.74, 6) is 0.708. The first-order valence-corrected chi connectivity index (χ1v) is 6.12. The van der Waals surface area contributed by atoms with E-state index in [1.165, 1.54) is 5.56 Å². The number of nitrogens with one attached hydrogen (secondary N) is 1. The molecule has 1 aromatic carbocycles. The number of hydrogen-bond donors (Lipinski definition) is 2. The fourth-order valence-corrected chi connectivity index (χ4v) is 2.33. The highest BCUT2D eigenvalue weighted by Crippen LogP contribution is 2.34. The zero-order valence-electron chi connectivity index (χ0n) is 9.88. The van der Waals surface area contributed by atoms with Gasteiger partial charge >= 0.3 is 0 Å². The maximum Gasteiger partial charge on any atom is 0.138 e. The van der Waals surface area contributed by atoms with Crippen molar-refractivity contribution in [3.8, 4) is 5.75 Å². The summed E-state index contributed by atoms with van der Waals surface area (Å²) in [6.07, 6.45) is 0.379. The number of rotatable bonds is 5. The molecule has 4 heteroatoms. The van der Waals surface area contributed by atoms with Crippen LogP contribution in [0.3, 0.4) is 0 Å². The van der Waals surface area contributed by atoms with Crippen LogP contribution in [0.15, 0.2) is 16.6 Å². The van der Waals surface area contributed by atoms with Crippen LogP contribution in [-0.2, 0) is 6.42 Å². The molecule has 1 unspecified atom stereocenters. The van der Waals surface area contributed by atoms with Gasteiger partial charge in [-0.3, -0.25) is 0 Å². The van der Waals surface area contributed by atoms with E-state index in [1.807, 2.05) is 19.2 Å². The minimum Gasteiger partial charge on any atom is -0.495 e. The van der Waals surface area contributed by atoms with Crippen LogP contribution in [0.25, 0.3) is 0 Å². The second-order valence-electron chi connectivity index (χ2n) is 3.63. The molecule has 1 aromatic rings. The monoisotopic (exact) mass is 287 g/mol. The van der Waals surface area contributed by atoms with Crippen LogP contribution in [-0.4, -0.2) is 25.8 Å². The average molecular weight is 288 g/mol. The van der Waals surface area contributed by atoms with Gasteiger partial charge in [0.15, 0.2) is 0 Å². The lowest BCUT2D eigenvalue weighted by Crippen LogP contribution is -2.17. The van der Waals surface area contributed by atoms with Crippen molar-refractivity contribution in [1.29, 1.82) is 0 Å². The number of benzene rings is 1. The van der Waals surface area contributed by atoms with E-state index in [-0.39, 0.29) is 0 Å². The highest BCUT2D eigenvalue weighted by molar-refractivity contribution is 9.10. The smallest absolute Gasteiger partial charge is 0.138 e. The first-order valence-electron chi connectivity index (χ1n) is 5.33. The molecule has 0 bridgehead atoms. The molecule has 0 aliphatic heterocycles. The van der Waals surface area contributed by atoms with Crippen molar-refractivity contribution in [2.75, 3.05) is 20.7 Å². The van der Waals surface area contributed by atoms with Gasteiger partial charge in [0.25, 0.3) is 0 Å². The lowest BCUT2D eigenvalue weighted by molar-refractivity contribution is 0.173. The number of likely N-dealkylation sites (N-methyl/N-ethyl adjacent to an activating group) is 1. The Morgan fingerprint density at radius 2 is 2.19 bits per heavy atom. The number of aliphatic hydroxyl groups is 1. The molecule has 0 radical (unpaired) electrons. The molecule has 90 valence electrons. The van der Waals surface area contributed by atoms with Gasteiger partial charge in [0.05, 0.1) is 17.7 Å². The zero-order chi connectivity index (χ0) is 12.1. The molecule has 1 atom stereocenters. The molecule has 3 nitrogen and oxygen atoms in total. The van der Waals surface area contributed by atoms with E-state index in [1.54, 1.807) is 7.11 Å². The highest BCUT2D eigenvalue weighted by atomic mass is 79.9. The van der Waals surface area contributed by atoms with E-state index in [9.17, 15) is 5.11 Å². The standard InChI is InChI=1S/C12H18BrNO2/c1-4-8-5-9(11(15)7-14-2)12(16-3)10(13)6-8/h5-6,11,14-15H,4,7H2,1-3H3. The normalized spacial score (nSPS) is 12.6. The van der Waals surface area contributed by atoms with Crippen molar-refractivity contribution >= 4 is 15.9 Å². The van der Waals surface area contributed by atoms with Gasteiger partial charge in [0.1, 0.15) is 5.75 Å². The third-order valence-corrected chi connectivity index (χ3v) is 3.09. The molecule has 0 aromatic heterocycles. The van der Waals surface area contributed by atoms with Crippen LogP contribution in [0.1, 0.15) is 24.2 Å². The molecule has 0 aliphatic rings.